The largest absolute Gasteiger partial charge is 0.348 e. The molecule has 3 heterocycles. The van der Waals surface area contributed by atoms with Crippen LogP contribution >= 0.6 is 0 Å². The number of hydrogen-bond acceptors (Lipinski definition) is 6. The first kappa shape index (κ1) is 18.3. The number of rotatable bonds is 4. The molecule has 7 nitrogen and oxygen atoms in total. The van der Waals surface area contributed by atoms with Crippen LogP contribution in [0.2, 0.25) is 0 Å². The van der Waals surface area contributed by atoms with Crippen molar-refractivity contribution in [2.45, 2.75) is 25.6 Å². The molecule has 2 aliphatic heterocycles. The van der Waals surface area contributed by atoms with E-state index in [4.69, 9.17) is 0 Å². The van der Waals surface area contributed by atoms with Gasteiger partial charge in [0.15, 0.2) is 9.84 Å². The zero-order valence-electron chi connectivity index (χ0n) is 15.1. The topological polar surface area (TPSA) is 73.8 Å². The third-order valence-electron chi connectivity index (χ3n) is 5.05. The average molecular weight is 366 g/mol. The first-order valence-corrected chi connectivity index (χ1v) is 10.4. The van der Waals surface area contributed by atoms with Gasteiger partial charge in [-0.3, -0.25) is 19.6 Å². The fourth-order valence-electron chi connectivity index (χ4n) is 3.70. The SMILES string of the molecule is Cc1cccc(CN2CCN(CC(=O)N(C)C)[C@@H]3CS(=O)(=O)C[C@@H]32)n1. The Bertz CT molecular complexity index is 750. The molecule has 2 saturated heterocycles. The predicted octanol–water partition coefficient (Wildman–Crippen LogP) is -0.239. The lowest BCUT2D eigenvalue weighted by molar-refractivity contribution is -0.131. The number of pyridine rings is 1. The summed E-state index contributed by atoms with van der Waals surface area (Å²) >= 11 is 0. The molecule has 0 bridgehead atoms. The van der Waals surface area contributed by atoms with Crippen molar-refractivity contribution in [3.8, 4) is 0 Å². The summed E-state index contributed by atoms with van der Waals surface area (Å²) < 4.78 is 24.5. The molecule has 0 aliphatic carbocycles. The second kappa shape index (κ2) is 7.01. The monoisotopic (exact) mass is 366 g/mol. The van der Waals surface area contributed by atoms with Crippen molar-refractivity contribution in [2.75, 3.05) is 45.2 Å². The number of aromatic nitrogens is 1. The first-order chi connectivity index (χ1) is 11.7. The van der Waals surface area contributed by atoms with Gasteiger partial charge in [0.1, 0.15) is 0 Å². The standard InChI is InChI=1S/C17H26N4O3S/c1-13-5-4-6-14(18-13)9-20-7-8-21(10-17(22)19(2)3)16-12-25(23,24)11-15(16)20/h4-6,15-16H,7-12H2,1-3H3/t15-,16+/m0/s1. The Kier molecular flexibility index (Phi) is 5.13. The van der Waals surface area contributed by atoms with E-state index in [0.29, 0.717) is 13.1 Å². The predicted molar refractivity (Wildman–Crippen MR) is 95.9 cm³/mol. The molecular formula is C17H26N4O3S. The van der Waals surface area contributed by atoms with E-state index in [1.54, 1.807) is 19.0 Å². The van der Waals surface area contributed by atoms with E-state index in [1.807, 2.05) is 30.0 Å². The molecule has 0 radical (unpaired) electrons. The van der Waals surface area contributed by atoms with Gasteiger partial charge >= 0.3 is 0 Å². The molecule has 3 rings (SSSR count). The molecule has 0 saturated carbocycles. The number of aryl methyl sites for hydroxylation is 1. The summed E-state index contributed by atoms with van der Waals surface area (Å²) in [4.78, 5) is 22.4. The van der Waals surface area contributed by atoms with Gasteiger partial charge in [0.25, 0.3) is 0 Å². The molecule has 1 aromatic rings. The Morgan fingerprint density at radius 2 is 1.84 bits per heavy atom. The summed E-state index contributed by atoms with van der Waals surface area (Å²) in [5.74, 6) is 0.309. The van der Waals surface area contributed by atoms with E-state index >= 15 is 0 Å². The molecule has 25 heavy (non-hydrogen) atoms. The number of piperazine rings is 1. The molecule has 0 N–H and O–H groups in total. The van der Waals surface area contributed by atoms with Gasteiger partial charge in [-0.25, -0.2) is 8.42 Å². The highest BCUT2D eigenvalue weighted by atomic mass is 32.2. The zero-order valence-corrected chi connectivity index (χ0v) is 15.9. The highest BCUT2D eigenvalue weighted by molar-refractivity contribution is 7.91. The number of sulfone groups is 1. The van der Waals surface area contributed by atoms with Crippen molar-refractivity contribution in [1.29, 1.82) is 0 Å². The van der Waals surface area contributed by atoms with Crippen LogP contribution in [0.4, 0.5) is 0 Å². The number of likely N-dealkylation sites (N-methyl/N-ethyl adjacent to an activating group) is 1. The minimum absolute atomic E-state index is 0.0110. The smallest absolute Gasteiger partial charge is 0.236 e. The van der Waals surface area contributed by atoms with Gasteiger partial charge in [0, 0.05) is 51.5 Å². The lowest BCUT2D eigenvalue weighted by atomic mass is 10.0. The van der Waals surface area contributed by atoms with Gasteiger partial charge in [-0.05, 0) is 19.1 Å². The Balaban J connectivity index is 1.77. The maximum Gasteiger partial charge on any atom is 0.236 e. The van der Waals surface area contributed by atoms with Crippen LogP contribution in [0.5, 0.6) is 0 Å². The number of carbonyl (C=O) groups is 1. The van der Waals surface area contributed by atoms with E-state index in [9.17, 15) is 13.2 Å². The van der Waals surface area contributed by atoms with Crippen molar-refractivity contribution < 1.29 is 13.2 Å². The second-order valence-electron chi connectivity index (χ2n) is 7.21. The van der Waals surface area contributed by atoms with Crippen LogP contribution in [0.1, 0.15) is 11.4 Å². The average Bonchev–Trinajstić information content (AvgIpc) is 2.85. The van der Waals surface area contributed by atoms with E-state index in [-0.39, 0.29) is 36.0 Å². The highest BCUT2D eigenvalue weighted by Gasteiger charge is 2.46. The van der Waals surface area contributed by atoms with Gasteiger partial charge < -0.3 is 4.90 Å². The summed E-state index contributed by atoms with van der Waals surface area (Å²) in [7, 11) is 0.374. The number of fused-ring (bicyclic) bond motifs is 1. The fourth-order valence-corrected chi connectivity index (χ4v) is 5.74. The number of hydrogen-bond donors (Lipinski definition) is 0. The normalized spacial score (nSPS) is 26.4. The van der Waals surface area contributed by atoms with Gasteiger partial charge in [0.05, 0.1) is 23.7 Å². The lowest BCUT2D eigenvalue weighted by Gasteiger charge is -2.43. The minimum Gasteiger partial charge on any atom is -0.348 e. The van der Waals surface area contributed by atoms with Crippen LogP contribution in [0.3, 0.4) is 0 Å². The van der Waals surface area contributed by atoms with E-state index in [1.165, 1.54) is 0 Å². The molecule has 2 fully saturated rings. The molecule has 2 atom stereocenters. The number of nitrogens with zero attached hydrogens (tertiary/aromatic N) is 4. The van der Waals surface area contributed by atoms with Gasteiger partial charge in [-0.15, -0.1) is 0 Å². The van der Waals surface area contributed by atoms with Crippen LogP contribution in [0.25, 0.3) is 0 Å². The van der Waals surface area contributed by atoms with Crippen molar-refractivity contribution >= 4 is 15.7 Å². The molecule has 8 heteroatoms. The summed E-state index contributed by atoms with van der Waals surface area (Å²) in [5.41, 5.74) is 1.92. The Morgan fingerprint density at radius 1 is 1.20 bits per heavy atom. The minimum atomic E-state index is -3.08. The fraction of sp³-hybridized carbons (Fsp3) is 0.647. The summed E-state index contributed by atoms with van der Waals surface area (Å²) in [6.45, 7) is 4.32. The van der Waals surface area contributed by atoms with Crippen molar-refractivity contribution in [3.05, 3.63) is 29.6 Å². The van der Waals surface area contributed by atoms with Gasteiger partial charge in [-0.1, -0.05) is 6.07 Å². The summed E-state index contributed by atoms with van der Waals surface area (Å²) in [5, 5.41) is 0. The zero-order chi connectivity index (χ0) is 18.2. The van der Waals surface area contributed by atoms with E-state index in [0.717, 1.165) is 17.9 Å². The maximum absolute atomic E-state index is 12.2. The molecule has 138 valence electrons. The Morgan fingerprint density at radius 3 is 2.48 bits per heavy atom. The Hall–Kier alpha value is -1.51. The van der Waals surface area contributed by atoms with Crippen LogP contribution in [-0.2, 0) is 21.2 Å². The Labute approximate surface area is 149 Å². The molecular weight excluding hydrogens is 340 g/mol. The van der Waals surface area contributed by atoms with E-state index < -0.39 is 9.84 Å². The third kappa shape index (κ3) is 4.19. The van der Waals surface area contributed by atoms with Gasteiger partial charge in [0.2, 0.25) is 5.91 Å². The van der Waals surface area contributed by atoms with Crippen LogP contribution in [-0.4, -0.2) is 91.3 Å². The molecule has 1 amide bonds. The number of amides is 1. The quantitative estimate of drug-likeness (QED) is 0.732. The molecule has 0 spiro atoms. The van der Waals surface area contributed by atoms with Crippen molar-refractivity contribution in [3.63, 3.8) is 0 Å². The lowest BCUT2D eigenvalue weighted by Crippen LogP contribution is -2.60. The molecule has 1 aromatic heterocycles. The van der Waals surface area contributed by atoms with Crippen LogP contribution < -0.4 is 0 Å². The van der Waals surface area contributed by atoms with Crippen molar-refractivity contribution in [2.24, 2.45) is 0 Å². The molecule has 2 aliphatic rings. The molecule has 0 unspecified atom stereocenters. The van der Waals surface area contributed by atoms with Crippen LogP contribution in [0, 0.1) is 6.92 Å². The molecule has 0 aromatic carbocycles. The summed E-state index contributed by atoms with van der Waals surface area (Å²) in [6, 6.07) is 5.72. The first-order valence-electron chi connectivity index (χ1n) is 8.56. The van der Waals surface area contributed by atoms with Crippen LogP contribution in [0.15, 0.2) is 18.2 Å². The highest BCUT2D eigenvalue weighted by Crippen LogP contribution is 2.28. The maximum atomic E-state index is 12.2. The summed E-state index contributed by atoms with van der Waals surface area (Å²) in [6.07, 6.45) is 0. The number of carbonyl (C=O) groups excluding carboxylic acids is 1. The van der Waals surface area contributed by atoms with Gasteiger partial charge in [-0.2, -0.15) is 0 Å². The second-order valence-corrected chi connectivity index (χ2v) is 9.36. The van der Waals surface area contributed by atoms with Crippen molar-refractivity contribution in [1.82, 2.24) is 19.7 Å². The van der Waals surface area contributed by atoms with E-state index in [2.05, 4.69) is 9.88 Å². The third-order valence-corrected chi connectivity index (χ3v) is 6.75.